The van der Waals surface area contributed by atoms with Crippen molar-refractivity contribution in [2.75, 3.05) is 33.5 Å². The van der Waals surface area contributed by atoms with Gasteiger partial charge in [0.15, 0.2) is 0 Å². The molecule has 4 heteroatoms. The van der Waals surface area contributed by atoms with Crippen LogP contribution in [0.1, 0.15) is 0 Å². The molecule has 0 heterocycles. The molecular weight excluding hydrogens is 136 g/mol. The normalized spacial score (nSPS) is 16.3. The van der Waals surface area contributed by atoms with Crippen molar-refractivity contribution in [2.24, 2.45) is 0 Å². The van der Waals surface area contributed by atoms with Crippen LogP contribution in [0, 0.1) is 0 Å². The second kappa shape index (κ2) is 5.05. The lowest BCUT2D eigenvalue weighted by atomic mass is 10.7. The van der Waals surface area contributed by atoms with Crippen LogP contribution in [0.5, 0.6) is 0 Å². The van der Waals surface area contributed by atoms with Crippen LogP contribution in [0.3, 0.4) is 0 Å². The van der Waals surface area contributed by atoms with Crippen LogP contribution in [0.15, 0.2) is 0 Å². The monoisotopic (exact) mass is 152 g/mol. The van der Waals surface area contributed by atoms with E-state index in [0.29, 0.717) is 0 Å². The molecule has 3 nitrogen and oxygen atoms in total. The molecule has 9 heavy (non-hydrogen) atoms. The van der Waals surface area contributed by atoms with Crippen molar-refractivity contribution < 1.29 is 5.11 Å². The molecule has 0 rings (SSSR count). The zero-order valence-electron chi connectivity index (χ0n) is 6.26. The Labute approximate surface area is 59.7 Å². The van der Waals surface area contributed by atoms with E-state index < -0.39 is 0 Å². The van der Waals surface area contributed by atoms with E-state index in [1.54, 1.807) is 0 Å². The third-order valence-electron chi connectivity index (χ3n) is 1.26. The predicted octanol–water partition coefficient (Wildman–Crippen LogP) is -0.409. The quantitative estimate of drug-likeness (QED) is 0.479. The summed E-state index contributed by atoms with van der Waals surface area (Å²) in [4.78, 5) is 0. The second-order valence-corrected chi connectivity index (χ2v) is 4.03. The van der Waals surface area contributed by atoms with E-state index in [1.807, 2.05) is 14.1 Å². The van der Waals surface area contributed by atoms with Gasteiger partial charge in [-0.15, -0.1) is 11.3 Å². The van der Waals surface area contributed by atoms with Gasteiger partial charge in [0.05, 0.1) is 6.61 Å². The summed E-state index contributed by atoms with van der Waals surface area (Å²) in [6, 6.07) is 0. The second-order valence-electron chi connectivity index (χ2n) is 1.85. The Balaban J connectivity index is 3.32. The van der Waals surface area contributed by atoms with Gasteiger partial charge in [-0.3, -0.25) is 9.03 Å². The SMILES string of the molecule is CN[SH](C)N(C)CCO. The van der Waals surface area contributed by atoms with E-state index in [1.165, 1.54) is 0 Å². The molecule has 0 aromatic rings. The summed E-state index contributed by atoms with van der Waals surface area (Å²) in [7, 11) is 3.93. The zero-order valence-corrected chi connectivity index (χ0v) is 7.15. The number of nitrogens with zero attached hydrogens (tertiary/aromatic N) is 1. The minimum Gasteiger partial charge on any atom is -0.395 e. The Hall–Kier alpha value is 0.230. The summed E-state index contributed by atoms with van der Waals surface area (Å²) in [5, 5.41) is 8.52. The van der Waals surface area contributed by atoms with Gasteiger partial charge in [-0.25, -0.2) is 0 Å². The fourth-order valence-electron chi connectivity index (χ4n) is 0.465. The Bertz CT molecular complexity index is 72.0. The average molecular weight is 152 g/mol. The number of rotatable bonds is 4. The summed E-state index contributed by atoms with van der Waals surface area (Å²) >= 11 is -0.222. The van der Waals surface area contributed by atoms with E-state index in [2.05, 4.69) is 15.3 Å². The minimum absolute atomic E-state index is 0.222. The number of aliphatic hydroxyl groups is 1. The fraction of sp³-hybridized carbons (Fsp3) is 1.00. The Morgan fingerprint density at radius 1 is 1.67 bits per heavy atom. The van der Waals surface area contributed by atoms with Crippen LogP contribution in [0.25, 0.3) is 0 Å². The van der Waals surface area contributed by atoms with Crippen molar-refractivity contribution in [1.82, 2.24) is 9.03 Å². The molecule has 0 bridgehead atoms. The number of likely N-dealkylation sites (N-methyl/N-ethyl adjacent to an activating group) is 1. The van der Waals surface area contributed by atoms with Gasteiger partial charge in [0, 0.05) is 6.54 Å². The maximum absolute atomic E-state index is 8.52. The van der Waals surface area contributed by atoms with Crippen LogP contribution in [-0.4, -0.2) is 42.9 Å². The van der Waals surface area contributed by atoms with Gasteiger partial charge in [-0.1, -0.05) is 0 Å². The van der Waals surface area contributed by atoms with Gasteiger partial charge in [-0.2, -0.15) is 0 Å². The third-order valence-corrected chi connectivity index (χ3v) is 3.13. The summed E-state index contributed by atoms with van der Waals surface area (Å²) in [5.74, 6) is 0. The van der Waals surface area contributed by atoms with E-state index >= 15 is 0 Å². The molecule has 0 radical (unpaired) electrons. The molecule has 0 aromatic carbocycles. The topological polar surface area (TPSA) is 35.5 Å². The Morgan fingerprint density at radius 3 is 2.56 bits per heavy atom. The van der Waals surface area contributed by atoms with Gasteiger partial charge < -0.3 is 5.11 Å². The van der Waals surface area contributed by atoms with Gasteiger partial charge in [0.1, 0.15) is 0 Å². The highest BCUT2D eigenvalue weighted by Gasteiger charge is 1.98. The van der Waals surface area contributed by atoms with Gasteiger partial charge in [-0.05, 0) is 20.4 Å². The van der Waals surface area contributed by atoms with Crippen molar-refractivity contribution in [3.05, 3.63) is 0 Å². The van der Waals surface area contributed by atoms with Crippen LogP contribution in [-0.2, 0) is 0 Å². The molecule has 0 aliphatic rings. The van der Waals surface area contributed by atoms with E-state index in [9.17, 15) is 0 Å². The van der Waals surface area contributed by atoms with Crippen molar-refractivity contribution >= 4 is 11.3 Å². The summed E-state index contributed by atoms with van der Waals surface area (Å²) in [6.45, 7) is 0.994. The maximum Gasteiger partial charge on any atom is 0.0567 e. The molecule has 0 aromatic heterocycles. The number of thiol groups is 1. The van der Waals surface area contributed by atoms with Crippen LogP contribution >= 0.6 is 11.3 Å². The minimum atomic E-state index is -0.222. The number of nitrogens with one attached hydrogen (secondary N) is 1. The number of hydrogen-bond acceptors (Lipinski definition) is 3. The van der Waals surface area contributed by atoms with E-state index in [4.69, 9.17) is 5.11 Å². The average Bonchev–Trinajstić information content (AvgIpc) is 1.87. The lowest BCUT2D eigenvalue weighted by Crippen LogP contribution is -2.24. The van der Waals surface area contributed by atoms with E-state index in [0.717, 1.165) is 6.54 Å². The van der Waals surface area contributed by atoms with Gasteiger partial charge >= 0.3 is 0 Å². The van der Waals surface area contributed by atoms with Crippen LogP contribution in [0.2, 0.25) is 0 Å². The van der Waals surface area contributed by atoms with E-state index in [-0.39, 0.29) is 17.9 Å². The molecule has 0 saturated carbocycles. The first kappa shape index (κ1) is 9.23. The predicted molar refractivity (Wildman–Crippen MR) is 43.7 cm³/mol. The maximum atomic E-state index is 8.52. The first-order valence-electron chi connectivity index (χ1n) is 2.95. The molecule has 0 saturated heterocycles. The van der Waals surface area contributed by atoms with Crippen molar-refractivity contribution in [1.29, 1.82) is 0 Å². The lowest BCUT2D eigenvalue weighted by molar-refractivity contribution is 0.272. The Morgan fingerprint density at radius 2 is 2.22 bits per heavy atom. The molecule has 0 spiro atoms. The largest absolute Gasteiger partial charge is 0.395 e. The van der Waals surface area contributed by atoms with Crippen molar-refractivity contribution in [3.8, 4) is 0 Å². The summed E-state index contributed by atoms with van der Waals surface area (Å²) in [6.07, 6.45) is 2.12. The van der Waals surface area contributed by atoms with Crippen LogP contribution in [0.4, 0.5) is 0 Å². The highest BCUT2D eigenvalue weighted by molar-refractivity contribution is 8.12. The van der Waals surface area contributed by atoms with Crippen molar-refractivity contribution in [2.45, 2.75) is 0 Å². The molecule has 0 amide bonds. The molecule has 1 unspecified atom stereocenters. The van der Waals surface area contributed by atoms with Gasteiger partial charge in [0.2, 0.25) is 0 Å². The summed E-state index contributed by atoms with van der Waals surface area (Å²) in [5.41, 5.74) is 0. The van der Waals surface area contributed by atoms with Crippen LogP contribution < -0.4 is 4.72 Å². The molecule has 0 aliphatic carbocycles. The highest BCUT2D eigenvalue weighted by atomic mass is 32.2. The number of hydrogen-bond donors (Lipinski definition) is 3. The first-order chi connectivity index (χ1) is 4.22. The molecule has 1 atom stereocenters. The van der Waals surface area contributed by atoms with Gasteiger partial charge in [0.25, 0.3) is 0 Å². The lowest BCUT2D eigenvalue weighted by Gasteiger charge is -2.26. The zero-order chi connectivity index (χ0) is 7.28. The third kappa shape index (κ3) is 3.75. The first-order valence-corrected chi connectivity index (χ1v) is 4.69. The standard InChI is InChI=1S/C5H16N2OS/c1-6-9(3)7(2)4-5-8/h6,8-9H,4-5H2,1-3H3. The van der Waals surface area contributed by atoms with Crippen molar-refractivity contribution in [3.63, 3.8) is 0 Å². The summed E-state index contributed by atoms with van der Waals surface area (Å²) < 4.78 is 5.24. The molecule has 0 aliphatic heterocycles. The molecule has 2 N–H and O–H groups in total. The molecule has 0 fully saturated rings. The highest BCUT2D eigenvalue weighted by Crippen LogP contribution is 2.15. The number of aliphatic hydroxyl groups excluding tert-OH is 1. The molecular formula is C5H16N2OS. The Kier molecular flexibility index (Phi) is 5.18. The fourth-order valence-corrected chi connectivity index (χ4v) is 1.20. The molecule has 58 valence electrons. The smallest absolute Gasteiger partial charge is 0.0567 e.